The first-order valence-corrected chi connectivity index (χ1v) is 3.99. The standard InChI is InChI=1S/C8H17NO3/c1-7(8(10)12-3)6-9-4-5-11-2/h7,9H,4-6H2,1-3H3/t7-/m1/s1. The van der Waals surface area contributed by atoms with E-state index >= 15 is 0 Å². The van der Waals surface area contributed by atoms with Crippen molar-refractivity contribution in [2.75, 3.05) is 33.9 Å². The second-order valence-electron chi connectivity index (χ2n) is 2.62. The number of esters is 1. The van der Waals surface area contributed by atoms with Crippen molar-refractivity contribution in [1.82, 2.24) is 5.32 Å². The lowest BCUT2D eigenvalue weighted by atomic mass is 10.2. The van der Waals surface area contributed by atoms with E-state index < -0.39 is 0 Å². The second-order valence-corrected chi connectivity index (χ2v) is 2.62. The fraction of sp³-hybridized carbons (Fsp3) is 0.875. The molecule has 0 aromatic carbocycles. The third kappa shape index (κ3) is 5.09. The molecular weight excluding hydrogens is 158 g/mol. The highest BCUT2D eigenvalue weighted by Gasteiger charge is 2.11. The normalized spacial score (nSPS) is 12.6. The number of hydrogen-bond donors (Lipinski definition) is 1. The summed E-state index contributed by atoms with van der Waals surface area (Å²) in [5, 5.41) is 3.08. The van der Waals surface area contributed by atoms with Crippen molar-refractivity contribution in [2.24, 2.45) is 5.92 Å². The predicted octanol–water partition coefficient (Wildman–Crippen LogP) is 0.0315. The first-order chi connectivity index (χ1) is 5.72. The zero-order valence-electron chi connectivity index (χ0n) is 7.92. The van der Waals surface area contributed by atoms with Gasteiger partial charge >= 0.3 is 5.97 Å². The Morgan fingerprint density at radius 1 is 1.50 bits per heavy atom. The van der Waals surface area contributed by atoms with Gasteiger partial charge in [0.25, 0.3) is 0 Å². The van der Waals surface area contributed by atoms with Gasteiger partial charge in [0, 0.05) is 20.2 Å². The molecule has 72 valence electrons. The summed E-state index contributed by atoms with van der Waals surface area (Å²) in [6.07, 6.45) is 0. The number of hydrogen-bond acceptors (Lipinski definition) is 4. The molecule has 0 bridgehead atoms. The summed E-state index contributed by atoms with van der Waals surface area (Å²) in [7, 11) is 3.04. The van der Waals surface area contributed by atoms with Crippen molar-refractivity contribution in [3.63, 3.8) is 0 Å². The summed E-state index contributed by atoms with van der Waals surface area (Å²) in [6.45, 7) is 3.88. The van der Waals surface area contributed by atoms with Crippen molar-refractivity contribution >= 4 is 5.97 Å². The van der Waals surface area contributed by atoms with Gasteiger partial charge < -0.3 is 14.8 Å². The van der Waals surface area contributed by atoms with Crippen molar-refractivity contribution in [1.29, 1.82) is 0 Å². The van der Waals surface area contributed by atoms with Gasteiger partial charge in [0.15, 0.2) is 0 Å². The summed E-state index contributed by atoms with van der Waals surface area (Å²) >= 11 is 0. The molecule has 1 atom stereocenters. The van der Waals surface area contributed by atoms with Crippen molar-refractivity contribution < 1.29 is 14.3 Å². The maximum Gasteiger partial charge on any atom is 0.309 e. The van der Waals surface area contributed by atoms with E-state index in [2.05, 4.69) is 10.1 Å². The molecule has 0 radical (unpaired) electrons. The number of rotatable bonds is 6. The Bertz CT molecular complexity index is 127. The summed E-state index contributed by atoms with van der Waals surface area (Å²) in [5.74, 6) is -0.272. The molecule has 0 unspecified atom stereocenters. The molecule has 0 aliphatic heterocycles. The molecule has 0 aliphatic rings. The summed E-state index contributed by atoms with van der Waals surface area (Å²) < 4.78 is 9.39. The highest BCUT2D eigenvalue weighted by Crippen LogP contribution is 1.94. The number of methoxy groups -OCH3 is 2. The van der Waals surface area contributed by atoms with Crippen LogP contribution in [0, 0.1) is 5.92 Å². The van der Waals surface area contributed by atoms with Gasteiger partial charge in [-0.1, -0.05) is 6.92 Å². The molecule has 0 rings (SSSR count). The Morgan fingerprint density at radius 2 is 2.17 bits per heavy atom. The van der Waals surface area contributed by atoms with E-state index in [0.29, 0.717) is 13.2 Å². The van der Waals surface area contributed by atoms with Gasteiger partial charge in [-0.25, -0.2) is 0 Å². The van der Waals surface area contributed by atoms with Crippen LogP contribution in [0.15, 0.2) is 0 Å². The highest BCUT2D eigenvalue weighted by molar-refractivity contribution is 5.71. The Labute approximate surface area is 73.2 Å². The topological polar surface area (TPSA) is 47.6 Å². The number of ether oxygens (including phenoxy) is 2. The number of nitrogens with one attached hydrogen (secondary N) is 1. The molecule has 0 fully saturated rings. The van der Waals surface area contributed by atoms with E-state index in [9.17, 15) is 4.79 Å². The first kappa shape index (κ1) is 11.4. The third-order valence-corrected chi connectivity index (χ3v) is 1.54. The van der Waals surface area contributed by atoms with Crippen molar-refractivity contribution in [3.8, 4) is 0 Å². The lowest BCUT2D eigenvalue weighted by Crippen LogP contribution is -2.29. The summed E-state index contributed by atoms with van der Waals surface area (Å²) in [6, 6.07) is 0. The van der Waals surface area contributed by atoms with E-state index in [1.807, 2.05) is 6.92 Å². The van der Waals surface area contributed by atoms with Crippen molar-refractivity contribution in [2.45, 2.75) is 6.92 Å². The first-order valence-electron chi connectivity index (χ1n) is 3.99. The van der Waals surface area contributed by atoms with Gasteiger partial charge in [-0.3, -0.25) is 4.79 Å². The van der Waals surface area contributed by atoms with E-state index in [1.165, 1.54) is 7.11 Å². The highest BCUT2D eigenvalue weighted by atomic mass is 16.5. The molecule has 0 saturated heterocycles. The van der Waals surface area contributed by atoms with Crippen molar-refractivity contribution in [3.05, 3.63) is 0 Å². The molecule has 4 nitrogen and oxygen atoms in total. The molecule has 0 aromatic rings. The Hall–Kier alpha value is -0.610. The summed E-state index contributed by atoms with van der Waals surface area (Å²) in [4.78, 5) is 10.9. The Kier molecular flexibility index (Phi) is 6.70. The molecule has 12 heavy (non-hydrogen) atoms. The maximum absolute atomic E-state index is 10.9. The lowest BCUT2D eigenvalue weighted by molar-refractivity contribution is -0.144. The molecule has 0 aromatic heterocycles. The quantitative estimate of drug-likeness (QED) is 0.457. The zero-order chi connectivity index (χ0) is 9.40. The predicted molar refractivity (Wildman–Crippen MR) is 45.9 cm³/mol. The van der Waals surface area contributed by atoms with Crippen LogP contribution in [0.5, 0.6) is 0 Å². The van der Waals surface area contributed by atoms with Crippen LogP contribution in [-0.2, 0) is 14.3 Å². The number of carbonyl (C=O) groups excluding carboxylic acids is 1. The molecule has 0 spiro atoms. The molecule has 4 heteroatoms. The number of carbonyl (C=O) groups is 1. The van der Waals surface area contributed by atoms with Crippen LogP contribution >= 0.6 is 0 Å². The van der Waals surface area contributed by atoms with Crippen LogP contribution in [0.2, 0.25) is 0 Å². The summed E-state index contributed by atoms with van der Waals surface area (Å²) in [5.41, 5.74) is 0. The van der Waals surface area contributed by atoms with E-state index in [4.69, 9.17) is 4.74 Å². The average molecular weight is 175 g/mol. The maximum atomic E-state index is 10.9. The van der Waals surface area contributed by atoms with E-state index in [-0.39, 0.29) is 11.9 Å². The van der Waals surface area contributed by atoms with Gasteiger partial charge in [0.05, 0.1) is 19.6 Å². The minimum absolute atomic E-state index is 0.0909. The van der Waals surface area contributed by atoms with Crippen LogP contribution in [0.4, 0.5) is 0 Å². The lowest BCUT2D eigenvalue weighted by Gasteiger charge is -2.09. The van der Waals surface area contributed by atoms with Gasteiger partial charge in [-0.15, -0.1) is 0 Å². The Balaban J connectivity index is 3.31. The minimum Gasteiger partial charge on any atom is -0.469 e. The second kappa shape index (κ2) is 7.06. The Morgan fingerprint density at radius 3 is 2.67 bits per heavy atom. The third-order valence-electron chi connectivity index (χ3n) is 1.54. The molecule has 0 amide bonds. The fourth-order valence-electron chi connectivity index (χ4n) is 0.777. The largest absolute Gasteiger partial charge is 0.469 e. The molecule has 0 aliphatic carbocycles. The molecular formula is C8H17NO3. The molecule has 0 heterocycles. The van der Waals surface area contributed by atoms with Crippen LogP contribution in [0.25, 0.3) is 0 Å². The van der Waals surface area contributed by atoms with Gasteiger partial charge in [-0.05, 0) is 0 Å². The SMILES string of the molecule is COCCNC[C@@H](C)C(=O)OC. The van der Waals surface area contributed by atoms with Gasteiger partial charge in [0.1, 0.15) is 0 Å². The van der Waals surface area contributed by atoms with Crippen LogP contribution in [0.3, 0.4) is 0 Å². The average Bonchev–Trinajstić information content (AvgIpc) is 2.10. The van der Waals surface area contributed by atoms with Crippen LogP contribution in [0.1, 0.15) is 6.92 Å². The van der Waals surface area contributed by atoms with E-state index in [0.717, 1.165) is 6.54 Å². The smallest absolute Gasteiger partial charge is 0.309 e. The fourth-order valence-corrected chi connectivity index (χ4v) is 0.777. The van der Waals surface area contributed by atoms with Gasteiger partial charge in [0.2, 0.25) is 0 Å². The van der Waals surface area contributed by atoms with Gasteiger partial charge in [-0.2, -0.15) is 0 Å². The zero-order valence-corrected chi connectivity index (χ0v) is 7.92. The monoisotopic (exact) mass is 175 g/mol. The van der Waals surface area contributed by atoms with Crippen LogP contribution < -0.4 is 5.32 Å². The molecule has 1 N–H and O–H groups in total. The molecule has 0 saturated carbocycles. The minimum atomic E-state index is -0.181. The van der Waals surface area contributed by atoms with Crippen LogP contribution in [-0.4, -0.2) is 39.9 Å². The van der Waals surface area contributed by atoms with E-state index in [1.54, 1.807) is 7.11 Å².